The molecule has 6 nitrogen and oxygen atoms in total. The minimum atomic E-state index is -0.263. The quantitative estimate of drug-likeness (QED) is 0.703. The summed E-state index contributed by atoms with van der Waals surface area (Å²) in [6.07, 6.45) is 3.10. The van der Waals surface area contributed by atoms with Crippen LogP contribution in [0, 0.1) is 0 Å². The number of hydrogen-bond donors (Lipinski definition) is 2. The average Bonchev–Trinajstić information content (AvgIpc) is 2.59. The largest absolute Gasteiger partial charge is 0.489 e. The second-order valence-corrected chi connectivity index (χ2v) is 4.88. The average molecular weight is 309 g/mol. The fraction of sp³-hybridized carbons (Fsp3) is 0.118. The van der Waals surface area contributed by atoms with Crippen molar-refractivity contribution in [3.8, 4) is 5.75 Å². The Kier molecular flexibility index (Phi) is 4.33. The van der Waals surface area contributed by atoms with Gasteiger partial charge in [0.2, 0.25) is 5.56 Å². The summed E-state index contributed by atoms with van der Waals surface area (Å²) in [5.41, 5.74) is 0.951. The van der Waals surface area contributed by atoms with Crippen molar-refractivity contribution >= 4 is 16.8 Å². The maximum absolute atomic E-state index is 11.9. The van der Waals surface area contributed by atoms with E-state index in [1.807, 2.05) is 30.3 Å². The molecule has 0 radical (unpaired) electrons. The van der Waals surface area contributed by atoms with Gasteiger partial charge in [-0.05, 0) is 18.2 Å². The molecule has 0 aliphatic rings. The zero-order valence-corrected chi connectivity index (χ0v) is 12.3. The molecule has 0 atom stereocenters. The van der Waals surface area contributed by atoms with Crippen molar-refractivity contribution in [3.63, 3.8) is 0 Å². The molecule has 1 aromatic carbocycles. The van der Waals surface area contributed by atoms with Gasteiger partial charge in [-0.3, -0.25) is 14.6 Å². The lowest BCUT2D eigenvalue weighted by Gasteiger charge is -2.09. The predicted octanol–water partition coefficient (Wildman–Crippen LogP) is 1.73. The number of nitrogens with zero attached hydrogens (tertiary/aromatic N) is 1. The fourth-order valence-corrected chi connectivity index (χ4v) is 2.17. The van der Waals surface area contributed by atoms with Crippen LogP contribution in [0.3, 0.4) is 0 Å². The molecular formula is C17H15N3O3. The third kappa shape index (κ3) is 3.55. The van der Waals surface area contributed by atoms with E-state index in [0.717, 1.165) is 10.9 Å². The van der Waals surface area contributed by atoms with Gasteiger partial charge in [0, 0.05) is 23.8 Å². The number of ether oxygens (including phenoxy) is 1. The van der Waals surface area contributed by atoms with Crippen molar-refractivity contribution in [1.82, 2.24) is 15.3 Å². The van der Waals surface area contributed by atoms with Gasteiger partial charge in [0.25, 0.3) is 5.91 Å². The third-order valence-electron chi connectivity index (χ3n) is 3.29. The first-order valence-electron chi connectivity index (χ1n) is 7.17. The summed E-state index contributed by atoms with van der Waals surface area (Å²) in [6.45, 7) is 0.673. The summed E-state index contributed by atoms with van der Waals surface area (Å²) in [5, 5.41) is 3.73. The number of carbonyl (C=O) groups excluding carboxylic acids is 1. The Balaban J connectivity index is 1.56. The highest BCUT2D eigenvalue weighted by atomic mass is 16.5. The number of aromatic nitrogens is 2. The van der Waals surface area contributed by atoms with E-state index in [0.29, 0.717) is 24.5 Å². The third-order valence-corrected chi connectivity index (χ3v) is 3.29. The molecule has 0 spiro atoms. The topological polar surface area (TPSA) is 84.1 Å². The first kappa shape index (κ1) is 14.8. The molecule has 2 heterocycles. The number of carbonyl (C=O) groups is 1. The molecule has 3 rings (SSSR count). The van der Waals surface area contributed by atoms with E-state index in [2.05, 4.69) is 15.3 Å². The van der Waals surface area contributed by atoms with Gasteiger partial charge in [0.1, 0.15) is 17.9 Å². The predicted molar refractivity (Wildman–Crippen MR) is 86.6 cm³/mol. The minimum absolute atomic E-state index is 0.242. The smallest absolute Gasteiger partial charge is 0.252 e. The normalized spacial score (nSPS) is 10.4. The summed E-state index contributed by atoms with van der Waals surface area (Å²) in [6, 6.07) is 12.3. The van der Waals surface area contributed by atoms with Crippen LogP contribution in [0.25, 0.3) is 10.9 Å². The summed E-state index contributed by atoms with van der Waals surface area (Å²) < 4.78 is 5.69. The molecule has 0 saturated carbocycles. The highest BCUT2D eigenvalue weighted by Crippen LogP contribution is 2.22. The molecule has 0 aliphatic heterocycles. The number of H-pyrrole nitrogens is 1. The Morgan fingerprint density at radius 1 is 1.17 bits per heavy atom. The van der Waals surface area contributed by atoms with Crippen LogP contribution in [0.1, 0.15) is 10.4 Å². The fourth-order valence-electron chi connectivity index (χ4n) is 2.17. The molecule has 0 fully saturated rings. The summed E-state index contributed by atoms with van der Waals surface area (Å²) >= 11 is 0. The second-order valence-electron chi connectivity index (χ2n) is 4.88. The van der Waals surface area contributed by atoms with Crippen LogP contribution in [0.2, 0.25) is 0 Å². The first-order valence-corrected chi connectivity index (χ1v) is 7.17. The molecule has 2 aromatic heterocycles. The van der Waals surface area contributed by atoms with E-state index >= 15 is 0 Å². The van der Waals surface area contributed by atoms with E-state index in [4.69, 9.17) is 4.74 Å². The lowest BCUT2D eigenvalue weighted by molar-refractivity contribution is 0.0946. The zero-order valence-electron chi connectivity index (χ0n) is 12.3. The Bertz CT molecular complexity index is 864. The zero-order chi connectivity index (χ0) is 16.1. The maximum Gasteiger partial charge on any atom is 0.252 e. The van der Waals surface area contributed by atoms with Crippen LogP contribution in [-0.2, 0) is 0 Å². The number of para-hydroxylation sites is 1. The van der Waals surface area contributed by atoms with E-state index < -0.39 is 0 Å². The van der Waals surface area contributed by atoms with Crippen molar-refractivity contribution in [2.24, 2.45) is 0 Å². The van der Waals surface area contributed by atoms with Gasteiger partial charge in [-0.1, -0.05) is 18.2 Å². The van der Waals surface area contributed by atoms with Crippen LogP contribution >= 0.6 is 0 Å². The number of nitrogens with one attached hydrogen (secondary N) is 2. The van der Waals surface area contributed by atoms with Crippen molar-refractivity contribution in [1.29, 1.82) is 0 Å². The molecule has 1 amide bonds. The monoisotopic (exact) mass is 309 g/mol. The standard InChI is InChI=1S/C17H15N3O3/c21-15-7-6-13(11-20-15)17(22)19-9-10-23-14-5-1-3-12-4-2-8-18-16(12)14/h1-8,11H,9-10H2,(H,19,22)(H,20,21). The molecule has 2 N–H and O–H groups in total. The Morgan fingerprint density at radius 3 is 2.87 bits per heavy atom. The van der Waals surface area contributed by atoms with Gasteiger partial charge in [-0.2, -0.15) is 0 Å². The summed E-state index contributed by atoms with van der Waals surface area (Å²) in [4.78, 5) is 29.6. The van der Waals surface area contributed by atoms with Crippen LogP contribution in [0.15, 0.2) is 59.7 Å². The van der Waals surface area contributed by atoms with Gasteiger partial charge in [-0.15, -0.1) is 0 Å². The highest BCUT2D eigenvalue weighted by Gasteiger charge is 2.05. The van der Waals surface area contributed by atoms with Gasteiger partial charge >= 0.3 is 0 Å². The van der Waals surface area contributed by atoms with Crippen LogP contribution in [-0.4, -0.2) is 29.0 Å². The molecule has 0 bridgehead atoms. The van der Waals surface area contributed by atoms with Gasteiger partial charge in [-0.25, -0.2) is 0 Å². The van der Waals surface area contributed by atoms with Gasteiger partial charge in [0.15, 0.2) is 0 Å². The second kappa shape index (κ2) is 6.74. The molecule has 3 aromatic rings. The lowest BCUT2D eigenvalue weighted by Crippen LogP contribution is -2.28. The molecule has 0 unspecified atom stereocenters. The molecule has 6 heteroatoms. The van der Waals surface area contributed by atoms with Crippen LogP contribution in [0.4, 0.5) is 0 Å². The number of pyridine rings is 2. The number of fused-ring (bicyclic) bond motifs is 1. The van der Waals surface area contributed by atoms with Gasteiger partial charge < -0.3 is 15.0 Å². The number of rotatable bonds is 5. The number of hydrogen-bond acceptors (Lipinski definition) is 4. The van der Waals surface area contributed by atoms with Crippen LogP contribution in [0.5, 0.6) is 5.75 Å². The first-order chi connectivity index (χ1) is 11.2. The van der Waals surface area contributed by atoms with Crippen molar-refractivity contribution in [3.05, 3.63) is 70.8 Å². The van der Waals surface area contributed by atoms with Crippen LogP contribution < -0.4 is 15.6 Å². The number of benzene rings is 1. The van der Waals surface area contributed by atoms with Crippen molar-refractivity contribution < 1.29 is 9.53 Å². The molecule has 0 saturated heterocycles. The van der Waals surface area contributed by atoms with E-state index in [1.165, 1.54) is 18.3 Å². The number of aromatic amines is 1. The van der Waals surface area contributed by atoms with E-state index in [-0.39, 0.29) is 11.5 Å². The van der Waals surface area contributed by atoms with E-state index in [9.17, 15) is 9.59 Å². The maximum atomic E-state index is 11.9. The Morgan fingerprint density at radius 2 is 2.04 bits per heavy atom. The lowest BCUT2D eigenvalue weighted by atomic mass is 10.2. The molecular weight excluding hydrogens is 294 g/mol. The molecule has 0 aliphatic carbocycles. The van der Waals surface area contributed by atoms with Gasteiger partial charge in [0.05, 0.1) is 12.1 Å². The van der Waals surface area contributed by atoms with E-state index in [1.54, 1.807) is 6.20 Å². The Labute approximate surface area is 132 Å². The SMILES string of the molecule is O=C(NCCOc1cccc2cccnc12)c1ccc(=O)[nH]c1. The minimum Gasteiger partial charge on any atom is -0.489 e. The summed E-state index contributed by atoms with van der Waals surface area (Å²) in [5.74, 6) is 0.419. The van der Waals surface area contributed by atoms with Crippen molar-refractivity contribution in [2.45, 2.75) is 0 Å². The molecule has 116 valence electrons. The highest BCUT2D eigenvalue weighted by molar-refractivity contribution is 5.93. The van der Waals surface area contributed by atoms with Crippen molar-refractivity contribution in [2.75, 3.05) is 13.2 Å². The summed E-state index contributed by atoms with van der Waals surface area (Å²) in [7, 11) is 0. The Hall–Kier alpha value is -3.15. The molecule has 23 heavy (non-hydrogen) atoms. The number of amides is 1.